The van der Waals surface area contributed by atoms with Gasteiger partial charge in [-0.3, -0.25) is 4.68 Å². The van der Waals surface area contributed by atoms with Gasteiger partial charge in [0.15, 0.2) is 0 Å². The number of hydrogen-bond acceptors (Lipinski definition) is 2. The first-order valence-corrected chi connectivity index (χ1v) is 6.32. The molecule has 1 N–H and O–H groups in total. The fourth-order valence-electron chi connectivity index (χ4n) is 2.53. The first kappa shape index (κ1) is 11.3. The van der Waals surface area contributed by atoms with Crippen molar-refractivity contribution in [2.24, 2.45) is 7.05 Å². The summed E-state index contributed by atoms with van der Waals surface area (Å²) in [5.41, 5.74) is 2.51. The molecule has 0 aliphatic carbocycles. The molecule has 3 nitrogen and oxygen atoms in total. The van der Waals surface area contributed by atoms with Gasteiger partial charge in [0.1, 0.15) is 17.3 Å². The van der Waals surface area contributed by atoms with E-state index in [0.717, 1.165) is 42.9 Å². The predicted molar refractivity (Wildman–Crippen MR) is 70.0 cm³/mol. The van der Waals surface area contributed by atoms with Gasteiger partial charge in [-0.15, -0.1) is 0 Å². The molecule has 0 spiro atoms. The highest BCUT2D eigenvalue weighted by Crippen LogP contribution is 2.32. The molecule has 0 atom stereocenters. The highest BCUT2D eigenvalue weighted by molar-refractivity contribution is 5.70. The summed E-state index contributed by atoms with van der Waals surface area (Å²) < 4.78 is 15.7. The van der Waals surface area contributed by atoms with Crippen LogP contribution in [0, 0.1) is 5.82 Å². The van der Waals surface area contributed by atoms with Crippen LogP contribution in [-0.2, 0) is 13.5 Å². The minimum atomic E-state index is -0.206. The maximum atomic E-state index is 13.9. The van der Waals surface area contributed by atoms with Crippen LogP contribution in [-0.4, -0.2) is 16.3 Å². The smallest absolute Gasteiger partial charge is 0.132 e. The van der Waals surface area contributed by atoms with Gasteiger partial charge < -0.3 is 5.32 Å². The Morgan fingerprint density at radius 3 is 2.94 bits per heavy atom. The average molecular weight is 245 g/mol. The molecule has 0 unspecified atom stereocenters. The Labute approximate surface area is 106 Å². The Balaban J connectivity index is 2.16. The van der Waals surface area contributed by atoms with Crippen molar-refractivity contribution >= 4 is 5.82 Å². The number of aryl methyl sites for hydroxylation is 1. The maximum absolute atomic E-state index is 13.9. The normalized spacial score (nSPS) is 14.8. The average Bonchev–Trinajstić information content (AvgIpc) is 2.56. The molecule has 3 rings (SSSR count). The van der Waals surface area contributed by atoms with Gasteiger partial charge >= 0.3 is 0 Å². The third-order valence-electron chi connectivity index (χ3n) is 3.42. The first-order valence-electron chi connectivity index (χ1n) is 6.32. The molecule has 0 bridgehead atoms. The number of rotatable bonds is 1. The predicted octanol–water partition coefficient (Wildman–Crippen LogP) is 2.97. The van der Waals surface area contributed by atoms with E-state index in [1.807, 2.05) is 17.8 Å². The largest absolute Gasteiger partial charge is 0.370 e. The minimum Gasteiger partial charge on any atom is -0.370 e. The lowest BCUT2D eigenvalue weighted by molar-refractivity contribution is 0.629. The Morgan fingerprint density at radius 2 is 2.11 bits per heavy atom. The maximum Gasteiger partial charge on any atom is 0.132 e. The van der Waals surface area contributed by atoms with Gasteiger partial charge in [-0.25, -0.2) is 4.39 Å². The zero-order chi connectivity index (χ0) is 12.5. The molecule has 1 aromatic heterocycles. The minimum absolute atomic E-state index is 0.206. The molecule has 0 fully saturated rings. The van der Waals surface area contributed by atoms with Crippen molar-refractivity contribution in [3.8, 4) is 11.3 Å². The van der Waals surface area contributed by atoms with Crippen LogP contribution in [0.3, 0.4) is 0 Å². The van der Waals surface area contributed by atoms with E-state index in [9.17, 15) is 4.39 Å². The number of nitrogens with zero attached hydrogens (tertiary/aromatic N) is 2. The molecule has 0 saturated heterocycles. The molecule has 1 aromatic carbocycles. The standard InChI is InChI=1S/C14H16FN3/c1-18-14-11(7-4-5-9-16-14)13(17-18)10-6-2-3-8-12(10)15/h2-3,6,8,16H,4-5,7,9H2,1H3. The molecule has 0 amide bonds. The summed E-state index contributed by atoms with van der Waals surface area (Å²) in [6.07, 6.45) is 3.22. The van der Waals surface area contributed by atoms with Crippen LogP contribution in [0.4, 0.5) is 10.2 Å². The molecule has 2 heterocycles. The zero-order valence-corrected chi connectivity index (χ0v) is 10.4. The zero-order valence-electron chi connectivity index (χ0n) is 10.4. The summed E-state index contributed by atoms with van der Waals surface area (Å²) in [7, 11) is 1.90. The summed E-state index contributed by atoms with van der Waals surface area (Å²) >= 11 is 0. The quantitative estimate of drug-likeness (QED) is 0.837. The van der Waals surface area contributed by atoms with Gasteiger partial charge in [-0.05, 0) is 31.4 Å². The fourth-order valence-corrected chi connectivity index (χ4v) is 2.53. The number of benzene rings is 1. The van der Waals surface area contributed by atoms with Gasteiger partial charge in [0.2, 0.25) is 0 Å². The molecule has 2 aromatic rings. The van der Waals surface area contributed by atoms with Gasteiger partial charge in [-0.1, -0.05) is 12.1 Å². The molecule has 18 heavy (non-hydrogen) atoms. The summed E-state index contributed by atoms with van der Waals surface area (Å²) in [6, 6.07) is 6.84. The van der Waals surface area contributed by atoms with Crippen LogP contribution in [0.5, 0.6) is 0 Å². The van der Waals surface area contributed by atoms with Crippen LogP contribution in [0.1, 0.15) is 18.4 Å². The van der Waals surface area contributed by atoms with Gasteiger partial charge in [0.25, 0.3) is 0 Å². The van der Waals surface area contributed by atoms with Crippen LogP contribution in [0.15, 0.2) is 24.3 Å². The molecular formula is C14H16FN3. The number of nitrogens with one attached hydrogen (secondary N) is 1. The van der Waals surface area contributed by atoms with E-state index in [2.05, 4.69) is 10.4 Å². The fraction of sp³-hybridized carbons (Fsp3) is 0.357. The second-order valence-corrected chi connectivity index (χ2v) is 4.66. The van der Waals surface area contributed by atoms with Crippen LogP contribution >= 0.6 is 0 Å². The topological polar surface area (TPSA) is 29.9 Å². The molecule has 4 heteroatoms. The van der Waals surface area contributed by atoms with Crippen LogP contribution < -0.4 is 5.32 Å². The Bertz CT molecular complexity index is 574. The summed E-state index contributed by atoms with van der Waals surface area (Å²) in [5.74, 6) is 0.827. The Kier molecular flexibility index (Phi) is 2.78. The van der Waals surface area contributed by atoms with Gasteiger partial charge in [-0.2, -0.15) is 5.10 Å². The van der Waals surface area contributed by atoms with Crippen molar-refractivity contribution in [1.29, 1.82) is 0 Å². The lowest BCUT2D eigenvalue weighted by atomic mass is 10.0. The lowest BCUT2D eigenvalue weighted by Crippen LogP contribution is -2.04. The van der Waals surface area contributed by atoms with E-state index in [4.69, 9.17) is 0 Å². The van der Waals surface area contributed by atoms with Crippen molar-refractivity contribution in [2.75, 3.05) is 11.9 Å². The van der Waals surface area contributed by atoms with Crippen molar-refractivity contribution in [2.45, 2.75) is 19.3 Å². The molecule has 1 aliphatic rings. The number of aromatic nitrogens is 2. The van der Waals surface area contributed by atoms with E-state index in [0.29, 0.717) is 5.56 Å². The molecule has 0 saturated carbocycles. The van der Waals surface area contributed by atoms with Gasteiger partial charge in [0, 0.05) is 24.7 Å². The SMILES string of the molecule is Cn1nc(-c2ccccc2F)c2c1NCCCC2. The van der Waals surface area contributed by atoms with E-state index in [1.165, 1.54) is 6.07 Å². The second-order valence-electron chi connectivity index (χ2n) is 4.66. The lowest BCUT2D eigenvalue weighted by Gasteiger charge is -2.04. The van der Waals surface area contributed by atoms with E-state index in [-0.39, 0.29) is 5.82 Å². The number of halogens is 1. The van der Waals surface area contributed by atoms with Crippen molar-refractivity contribution in [1.82, 2.24) is 9.78 Å². The highest BCUT2D eigenvalue weighted by atomic mass is 19.1. The Hall–Kier alpha value is -1.84. The van der Waals surface area contributed by atoms with Crippen molar-refractivity contribution in [3.05, 3.63) is 35.6 Å². The highest BCUT2D eigenvalue weighted by Gasteiger charge is 2.20. The van der Waals surface area contributed by atoms with E-state index < -0.39 is 0 Å². The number of anilines is 1. The van der Waals surface area contributed by atoms with Gasteiger partial charge in [0.05, 0.1) is 0 Å². The number of hydrogen-bond donors (Lipinski definition) is 1. The summed E-state index contributed by atoms with van der Waals surface area (Å²) in [6.45, 7) is 0.962. The molecule has 0 radical (unpaired) electrons. The van der Waals surface area contributed by atoms with E-state index in [1.54, 1.807) is 12.1 Å². The Morgan fingerprint density at radius 1 is 1.28 bits per heavy atom. The molecule has 1 aliphatic heterocycles. The first-order chi connectivity index (χ1) is 8.77. The van der Waals surface area contributed by atoms with Crippen molar-refractivity contribution < 1.29 is 4.39 Å². The summed E-state index contributed by atoms with van der Waals surface area (Å²) in [4.78, 5) is 0. The number of fused-ring (bicyclic) bond motifs is 1. The summed E-state index contributed by atoms with van der Waals surface area (Å²) in [5, 5.41) is 7.86. The second kappa shape index (κ2) is 4.44. The third-order valence-corrected chi connectivity index (χ3v) is 3.42. The van der Waals surface area contributed by atoms with Crippen LogP contribution in [0.25, 0.3) is 11.3 Å². The van der Waals surface area contributed by atoms with Crippen molar-refractivity contribution in [3.63, 3.8) is 0 Å². The van der Waals surface area contributed by atoms with E-state index >= 15 is 0 Å². The third kappa shape index (κ3) is 1.78. The van der Waals surface area contributed by atoms with Crippen LogP contribution in [0.2, 0.25) is 0 Å². The molecule has 94 valence electrons. The monoisotopic (exact) mass is 245 g/mol. The molecular weight excluding hydrogens is 229 g/mol.